The normalized spacial score (nSPS) is 12.9. The van der Waals surface area contributed by atoms with Crippen LogP contribution in [0.5, 0.6) is 5.75 Å². The number of hydrogen-bond acceptors (Lipinski definition) is 4. The molecule has 0 saturated carbocycles. The molecular weight excluding hydrogens is 246 g/mol. The number of aromatic hydroxyl groups is 1. The monoisotopic (exact) mass is 267 g/mol. The maximum absolute atomic E-state index is 11.6. The van der Waals surface area contributed by atoms with E-state index in [1.54, 1.807) is 39.8 Å². The molecule has 1 amide bonds. The second-order valence-corrected chi connectivity index (χ2v) is 5.52. The van der Waals surface area contributed by atoms with Crippen LogP contribution in [0.3, 0.4) is 0 Å². The van der Waals surface area contributed by atoms with Crippen molar-refractivity contribution in [3.63, 3.8) is 0 Å². The number of rotatable bonds is 3. The number of phenols is 1. The minimum atomic E-state index is -0.567. The molecule has 5 heteroatoms. The van der Waals surface area contributed by atoms with Gasteiger partial charge in [-0.1, -0.05) is 0 Å². The van der Waals surface area contributed by atoms with Gasteiger partial charge in [-0.15, -0.1) is 0 Å². The summed E-state index contributed by atoms with van der Waals surface area (Å²) in [6, 6.07) is 4.67. The summed E-state index contributed by atoms with van der Waals surface area (Å²) in [5, 5.41) is 21.6. The van der Waals surface area contributed by atoms with Crippen LogP contribution in [0.2, 0.25) is 0 Å². The highest BCUT2D eigenvalue weighted by Gasteiger charge is 2.16. The topological polar surface area (TPSA) is 78.8 Å². The molecule has 1 atom stereocenters. The number of nitrogens with one attached hydrogen (secondary N) is 1. The first-order chi connectivity index (χ1) is 8.67. The van der Waals surface area contributed by atoms with E-state index in [9.17, 15) is 15.0 Å². The van der Waals surface area contributed by atoms with E-state index in [1.165, 1.54) is 6.07 Å². The van der Waals surface area contributed by atoms with Crippen LogP contribution < -0.4 is 5.32 Å². The zero-order valence-corrected chi connectivity index (χ0v) is 11.7. The molecule has 0 saturated heterocycles. The number of hydrogen-bond donors (Lipinski definition) is 3. The van der Waals surface area contributed by atoms with E-state index in [4.69, 9.17) is 4.74 Å². The summed E-state index contributed by atoms with van der Waals surface area (Å²) in [6.45, 7) is 6.97. The summed E-state index contributed by atoms with van der Waals surface area (Å²) in [5.74, 6) is 0.0932. The quantitative estimate of drug-likeness (QED) is 0.736. The van der Waals surface area contributed by atoms with Gasteiger partial charge in [0.15, 0.2) is 0 Å². The van der Waals surface area contributed by atoms with Crippen LogP contribution in [0.1, 0.15) is 33.3 Å². The van der Waals surface area contributed by atoms with Gasteiger partial charge in [-0.2, -0.15) is 0 Å². The summed E-state index contributed by atoms with van der Waals surface area (Å²) < 4.78 is 5.13. The number of aliphatic hydroxyl groups is 1. The predicted octanol–water partition coefficient (Wildman–Crippen LogP) is 2.66. The first-order valence-corrected chi connectivity index (χ1v) is 6.17. The Balaban J connectivity index is 2.77. The van der Waals surface area contributed by atoms with E-state index in [1.807, 2.05) is 0 Å². The van der Waals surface area contributed by atoms with Gasteiger partial charge in [0.25, 0.3) is 0 Å². The summed E-state index contributed by atoms with van der Waals surface area (Å²) in [7, 11) is 0. The summed E-state index contributed by atoms with van der Waals surface area (Å²) in [6.07, 6.45) is -0.806. The molecular formula is C14H21NO4. The standard InChI is InChI=1S/C14H21NO4/c1-9(16)7-10-8-11(5-6-12(10)17)15-13(18)19-14(2,3)4/h5-6,8-9,16-17H,7H2,1-4H3,(H,15,18)/t9-/m1/s1. The highest BCUT2D eigenvalue weighted by molar-refractivity contribution is 5.85. The van der Waals surface area contributed by atoms with Crippen molar-refractivity contribution < 1.29 is 19.7 Å². The molecule has 0 unspecified atom stereocenters. The number of aliphatic hydroxyl groups excluding tert-OH is 1. The van der Waals surface area contributed by atoms with Crippen LogP contribution >= 0.6 is 0 Å². The van der Waals surface area contributed by atoms with Gasteiger partial charge in [0.1, 0.15) is 11.4 Å². The molecule has 106 valence electrons. The smallest absolute Gasteiger partial charge is 0.412 e. The zero-order valence-electron chi connectivity index (χ0n) is 11.7. The molecule has 0 aromatic heterocycles. The molecule has 19 heavy (non-hydrogen) atoms. The molecule has 0 fully saturated rings. The fraction of sp³-hybridized carbons (Fsp3) is 0.500. The number of phenolic OH excluding ortho intramolecular Hbond substituents is 1. The number of anilines is 1. The lowest BCUT2D eigenvalue weighted by atomic mass is 10.1. The van der Waals surface area contributed by atoms with Crippen LogP contribution in [0.25, 0.3) is 0 Å². The maximum atomic E-state index is 11.6. The Morgan fingerprint density at radius 2 is 2.05 bits per heavy atom. The fourth-order valence-electron chi connectivity index (χ4n) is 1.57. The van der Waals surface area contributed by atoms with Gasteiger partial charge in [0.05, 0.1) is 6.10 Å². The summed E-state index contributed by atoms with van der Waals surface area (Å²) >= 11 is 0. The van der Waals surface area contributed by atoms with Gasteiger partial charge in [-0.05, 0) is 51.5 Å². The number of benzene rings is 1. The molecule has 0 heterocycles. The zero-order chi connectivity index (χ0) is 14.6. The Hall–Kier alpha value is -1.75. The van der Waals surface area contributed by atoms with Gasteiger partial charge >= 0.3 is 6.09 Å². The molecule has 0 aliphatic rings. The molecule has 0 bridgehead atoms. The van der Waals surface area contributed by atoms with Crippen LogP contribution in [0, 0.1) is 0 Å². The Kier molecular flexibility index (Phi) is 4.78. The van der Waals surface area contributed by atoms with Gasteiger partial charge in [-0.25, -0.2) is 4.79 Å². The van der Waals surface area contributed by atoms with E-state index in [2.05, 4.69) is 5.32 Å². The lowest BCUT2D eigenvalue weighted by Crippen LogP contribution is -2.27. The van der Waals surface area contributed by atoms with E-state index in [0.29, 0.717) is 17.7 Å². The Bertz CT molecular complexity index is 449. The van der Waals surface area contributed by atoms with E-state index >= 15 is 0 Å². The molecule has 1 rings (SSSR count). The van der Waals surface area contributed by atoms with E-state index in [0.717, 1.165) is 0 Å². The van der Waals surface area contributed by atoms with Crippen molar-refractivity contribution in [3.05, 3.63) is 23.8 Å². The highest BCUT2D eigenvalue weighted by atomic mass is 16.6. The van der Waals surface area contributed by atoms with Crippen molar-refractivity contribution in [3.8, 4) is 5.75 Å². The van der Waals surface area contributed by atoms with Crippen LogP contribution in [-0.2, 0) is 11.2 Å². The third-order valence-corrected chi connectivity index (χ3v) is 2.24. The van der Waals surface area contributed by atoms with Gasteiger partial charge < -0.3 is 14.9 Å². The number of amides is 1. The van der Waals surface area contributed by atoms with Crippen molar-refractivity contribution in [2.75, 3.05) is 5.32 Å². The fourth-order valence-corrected chi connectivity index (χ4v) is 1.57. The Morgan fingerprint density at radius 3 is 2.58 bits per heavy atom. The van der Waals surface area contributed by atoms with Crippen molar-refractivity contribution >= 4 is 11.8 Å². The van der Waals surface area contributed by atoms with Crippen molar-refractivity contribution in [2.24, 2.45) is 0 Å². The Morgan fingerprint density at radius 1 is 1.42 bits per heavy atom. The lowest BCUT2D eigenvalue weighted by molar-refractivity contribution is 0.0636. The molecule has 0 radical (unpaired) electrons. The predicted molar refractivity (Wildman–Crippen MR) is 73.3 cm³/mol. The highest BCUT2D eigenvalue weighted by Crippen LogP contribution is 2.23. The number of carbonyl (C=O) groups excluding carboxylic acids is 1. The SMILES string of the molecule is C[C@@H](O)Cc1cc(NC(=O)OC(C)(C)C)ccc1O. The van der Waals surface area contributed by atoms with Crippen LogP contribution in [-0.4, -0.2) is 28.0 Å². The molecule has 1 aromatic carbocycles. The van der Waals surface area contributed by atoms with Crippen molar-refractivity contribution in [2.45, 2.75) is 45.8 Å². The lowest BCUT2D eigenvalue weighted by Gasteiger charge is -2.20. The minimum absolute atomic E-state index is 0.0932. The van der Waals surface area contributed by atoms with E-state index in [-0.39, 0.29) is 5.75 Å². The average Bonchev–Trinajstić information content (AvgIpc) is 2.19. The molecule has 0 aliphatic heterocycles. The summed E-state index contributed by atoms with van der Waals surface area (Å²) in [5.41, 5.74) is 0.523. The molecule has 1 aromatic rings. The first kappa shape index (κ1) is 15.3. The van der Waals surface area contributed by atoms with Crippen LogP contribution in [0.4, 0.5) is 10.5 Å². The largest absolute Gasteiger partial charge is 0.508 e. The molecule has 5 nitrogen and oxygen atoms in total. The van der Waals surface area contributed by atoms with Crippen LogP contribution in [0.15, 0.2) is 18.2 Å². The van der Waals surface area contributed by atoms with Crippen molar-refractivity contribution in [1.29, 1.82) is 0 Å². The van der Waals surface area contributed by atoms with Gasteiger partial charge in [0.2, 0.25) is 0 Å². The second kappa shape index (κ2) is 5.93. The van der Waals surface area contributed by atoms with E-state index < -0.39 is 17.8 Å². The maximum Gasteiger partial charge on any atom is 0.412 e. The van der Waals surface area contributed by atoms with Crippen molar-refractivity contribution in [1.82, 2.24) is 0 Å². The average molecular weight is 267 g/mol. The molecule has 3 N–H and O–H groups in total. The van der Waals surface area contributed by atoms with Gasteiger partial charge in [-0.3, -0.25) is 5.32 Å². The number of carbonyl (C=O) groups is 1. The first-order valence-electron chi connectivity index (χ1n) is 6.17. The minimum Gasteiger partial charge on any atom is -0.508 e. The third kappa shape index (κ3) is 5.61. The Labute approximate surface area is 113 Å². The second-order valence-electron chi connectivity index (χ2n) is 5.52. The summed E-state index contributed by atoms with van der Waals surface area (Å²) in [4.78, 5) is 11.6. The molecule has 0 spiro atoms. The number of ether oxygens (including phenoxy) is 1. The van der Waals surface area contributed by atoms with Gasteiger partial charge in [0, 0.05) is 12.1 Å². The molecule has 0 aliphatic carbocycles. The third-order valence-electron chi connectivity index (χ3n) is 2.24.